The standard InChI is InChI=1S/C5H7ClN2O2/c6-2-1-3-10-5(9)4-8-7/h4H,1-3H2/p+1. The Balaban J connectivity index is 3.32. The molecular weight excluding hydrogens is 156 g/mol. The first-order chi connectivity index (χ1) is 4.81. The third-order valence-electron chi connectivity index (χ3n) is 0.696. The van der Waals surface area contributed by atoms with Crippen molar-refractivity contribution in [2.24, 2.45) is 0 Å². The number of diazo groups is 1. The molecule has 5 heteroatoms. The van der Waals surface area contributed by atoms with Crippen molar-refractivity contribution in [3.63, 3.8) is 0 Å². The van der Waals surface area contributed by atoms with Gasteiger partial charge in [-0.15, -0.1) is 11.6 Å². The van der Waals surface area contributed by atoms with Crippen molar-refractivity contribution in [2.75, 3.05) is 12.5 Å². The zero-order chi connectivity index (χ0) is 7.82. The summed E-state index contributed by atoms with van der Waals surface area (Å²) in [6, 6.07) is 0. The van der Waals surface area contributed by atoms with Gasteiger partial charge in [0.2, 0.25) is 5.39 Å². The molecule has 0 aromatic rings. The van der Waals surface area contributed by atoms with E-state index in [1.54, 1.807) is 0 Å². The third-order valence-corrected chi connectivity index (χ3v) is 0.963. The number of aliphatic hydroxyl groups excluding tert-OH is 1. The Morgan fingerprint density at radius 1 is 1.80 bits per heavy atom. The molecule has 0 aliphatic carbocycles. The molecule has 0 aliphatic heterocycles. The Bertz CT molecular complexity index is 152. The van der Waals surface area contributed by atoms with Crippen molar-refractivity contribution >= 4 is 11.6 Å². The summed E-state index contributed by atoms with van der Waals surface area (Å²) in [6.07, 6.45) is 1.44. The lowest BCUT2D eigenvalue weighted by Gasteiger charge is -1.96. The molecule has 56 valence electrons. The average molecular weight is 164 g/mol. The monoisotopic (exact) mass is 163 g/mol. The number of aliphatic hydroxyl groups is 1. The van der Waals surface area contributed by atoms with E-state index in [-0.39, 0.29) is 0 Å². The predicted octanol–water partition coefficient (Wildman–Crippen LogP) is 1.84. The van der Waals surface area contributed by atoms with E-state index in [0.717, 1.165) is 6.20 Å². The number of halogens is 1. The Labute approximate surface area is 63.7 Å². The Hall–Kier alpha value is -0.950. The Morgan fingerprint density at radius 2 is 2.50 bits per heavy atom. The van der Waals surface area contributed by atoms with Crippen molar-refractivity contribution in [3.05, 3.63) is 17.1 Å². The fraction of sp³-hybridized carbons (Fsp3) is 0.600. The van der Waals surface area contributed by atoms with Crippen LogP contribution in [0.25, 0.3) is 4.98 Å². The van der Waals surface area contributed by atoms with Crippen molar-refractivity contribution in [1.29, 1.82) is 5.39 Å². The molecule has 0 rings (SSSR count). The van der Waals surface area contributed by atoms with Gasteiger partial charge in [-0.25, -0.2) is 0 Å². The normalized spacial score (nSPS) is 10.6. The molecule has 0 fully saturated rings. The van der Waals surface area contributed by atoms with E-state index < -0.39 is 5.95 Å². The second-order valence-corrected chi connectivity index (χ2v) is 1.85. The highest BCUT2D eigenvalue weighted by Crippen LogP contribution is 1.94. The van der Waals surface area contributed by atoms with Crippen LogP contribution in [0.4, 0.5) is 0 Å². The summed E-state index contributed by atoms with van der Waals surface area (Å²) in [7, 11) is 0. The van der Waals surface area contributed by atoms with Gasteiger partial charge in [0.15, 0.2) is 4.98 Å². The van der Waals surface area contributed by atoms with Gasteiger partial charge >= 0.3 is 12.1 Å². The van der Waals surface area contributed by atoms with E-state index in [0.29, 0.717) is 18.9 Å². The summed E-state index contributed by atoms with van der Waals surface area (Å²) in [5, 5.41) is 16.5. The largest absolute Gasteiger partial charge is 0.476 e. The lowest BCUT2D eigenvalue weighted by Crippen LogP contribution is -1.93. The van der Waals surface area contributed by atoms with Gasteiger partial charge in [0, 0.05) is 5.88 Å². The molecule has 0 bridgehead atoms. The smallest absolute Gasteiger partial charge is 0.429 e. The van der Waals surface area contributed by atoms with Crippen LogP contribution in [0.2, 0.25) is 0 Å². The van der Waals surface area contributed by atoms with Crippen LogP contribution in [0.5, 0.6) is 0 Å². The average Bonchev–Trinajstić information content (AvgIpc) is 1.89. The number of nitrogens with zero attached hydrogens (tertiary/aromatic N) is 2. The first-order valence-electron chi connectivity index (χ1n) is 2.73. The maximum atomic E-state index is 8.62. The molecule has 4 nitrogen and oxygen atoms in total. The van der Waals surface area contributed by atoms with Crippen LogP contribution in [-0.4, -0.2) is 17.6 Å². The molecule has 1 N–H and O–H groups in total. The third kappa shape index (κ3) is 5.19. The Morgan fingerprint density at radius 3 is 3.00 bits per heavy atom. The van der Waals surface area contributed by atoms with Crippen LogP contribution >= 0.6 is 11.6 Å². The van der Waals surface area contributed by atoms with Crippen LogP contribution in [0.15, 0.2) is 12.1 Å². The van der Waals surface area contributed by atoms with Crippen LogP contribution in [0.3, 0.4) is 0 Å². The molecule has 0 spiro atoms. The quantitative estimate of drug-likeness (QED) is 0.298. The lowest BCUT2D eigenvalue weighted by atomic mass is 10.5. The highest BCUT2D eigenvalue weighted by atomic mass is 35.5. The van der Waals surface area contributed by atoms with Gasteiger partial charge < -0.3 is 9.84 Å². The molecule has 0 saturated carbocycles. The van der Waals surface area contributed by atoms with E-state index in [1.165, 1.54) is 0 Å². The van der Waals surface area contributed by atoms with E-state index in [9.17, 15) is 0 Å². The van der Waals surface area contributed by atoms with Crippen molar-refractivity contribution in [2.45, 2.75) is 6.42 Å². The van der Waals surface area contributed by atoms with Crippen LogP contribution in [-0.2, 0) is 4.74 Å². The van der Waals surface area contributed by atoms with E-state index in [1.807, 2.05) is 0 Å². The summed E-state index contributed by atoms with van der Waals surface area (Å²) >= 11 is 5.31. The van der Waals surface area contributed by atoms with Crippen LogP contribution in [0.1, 0.15) is 6.42 Å². The number of ether oxygens (including phenoxy) is 1. The molecule has 0 aromatic carbocycles. The lowest BCUT2D eigenvalue weighted by molar-refractivity contribution is 0.0941. The zero-order valence-corrected chi connectivity index (χ0v) is 6.08. The van der Waals surface area contributed by atoms with Crippen molar-refractivity contribution in [1.82, 2.24) is 0 Å². The summed E-state index contributed by atoms with van der Waals surface area (Å²) < 4.78 is 4.60. The molecular formula is C5H8ClN2O2+. The molecule has 0 amide bonds. The number of hydrogen-bond donors (Lipinski definition) is 1. The van der Waals surface area contributed by atoms with Crippen molar-refractivity contribution in [3.8, 4) is 0 Å². The fourth-order valence-electron chi connectivity index (χ4n) is 0.318. The topological polar surface area (TPSA) is 57.6 Å². The molecule has 10 heavy (non-hydrogen) atoms. The number of rotatable bonds is 4. The maximum Gasteiger partial charge on any atom is 0.429 e. The summed E-state index contributed by atoms with van der Waals surface area (Å²) in [6.45, 7) is 0.321. The molecule has 0 radical (unpaired) electrons. The van der Waals surface area contributed by atoms with Gasteiger partial charge in [0.1, 0.15) is 0 Å². The Kier molecular flexibility index (Phi) is 5.59. The first-order valence-corrected chi connectivity index (χ1v) is 3.27. The second kappa shape index (κ2) is 6.17. The van der Waals surface area contributed by atoms with Gasteiger partial charge in [-0.05, 0) is 6.42 Å². The molecule has 0 saturated heterocycles. The molecule has 0 unspecified atom stereocenters. The minimum absolute atomic E-state index is 0.321. The SMILES string of the molecule is N#[N+]C=C(O)OCCCCl. The molecule has 0 aliphatic rings. The highest BCUT2D eigenvalue weighted by molar-refractivity contribution is 6.17. The second-order valence-electron chi connectivity index (χ2n) is 1.47. The minimum atomic E-state index is -0.410. The van der Waals surface area contributed by atoms with E-state index >= 15 is 0 Å². The summed E-state index contributed by atoms with van der Waals surface area (Å²) in [5.41, 5.74) is 0. The predicted molar refractivity (Wildman–Crippen MR) is 37.1 cm³/mol. The van der Waals surface area contributed by atoms with Gasteiger partial charge in [-0.1, -0.05) is 0 Å². The summed E-state index contributed by atoms with van der Waals surface area (Å²) in [4.78, 5) is 2.54. The number of alkyl halides is 1. The van der Waals surface area contributed by atoms with Crippen LogP contribution < -0.4 is 0 Å². The van der Waals surface area contributed by atoms with Gasteiger partial charge in [0.05, 0.1) is 6.61 Å². The molecule has 0 heterocycles. The minimum Gasteiger partial charge on any atom is -0.476 e. The van der Waals surface area contributed by atoms with E-state index in [4.69, 9.17) is 22.1 Å². The molecule has 0 aromatic heterocycles. The van der Waals surface area contributed by atoms with Gasteiger partial charge in [-0.2, -0.15) is 0 Å². The first kappa shape index (κ1) is 9.05. The summed E-state index contributed by atoms with van der Waals surface area (Å²) in [5.74, 6) is 0.0661. The fourth-order valence-corrected chi connectivity index (χ4v) is 0.427. The van der Waals surface area contributed by atoms with Crippen molar-refractivity contribution < 1.29 is 9.84 Å². The highest BCUT2D eigenvalue weighted by Gasteiger charge is 1.98. The van der Waals surface area contributed by atoms with Gasteiger partial charge in [-0.3, -0.25) is 0 Å². The van der Waals surface area contributed by atoms with E-state index in [2.05, 4.69) is 9.71 Å². The van der Waals surface area contributed by atoms with Gasteiger partial charge in [0.25, 0.3) is 0 Å². The van der Waals surface area contributed by atoms with Crippen LogP contribution in [0, 0.1) is 5.39 Å². The maximum absolute atomic E-state index is 8.62. The number of hydrogen-bond acceptors (Lipinski definition) is 3. The zero-order valence-electron chi connectivity index (χ0n) is 5.33. The molecule has 0 atom stereocenters.